The maximum absolute atomic E-state index is 4.58. The number of quaternary nitrogens is 1. The number of nitrogens with zero attached hydrogens (tertiary/aromatic N) is 2. The molecule has 0 unspecified atom stereocenters. The zero-order chi connectivity index (χ0) is 12.6. The van der Waals surface area contributed by atoms with E-state index in [-0.39, 0.29) is 0 Å². The second kappa shape index (κ2) is 8.13. The summed E-state index contributed by atoms with van der Waals surface area (Å²) in [7, 11) is 8.58. The first-order chi connectivity index (χ1) is 7.41. The molecule has 0 aromatic carbocycles. The van der Waals surface area contributed by atoms with E-state index in [4.69, 9.17) is 0 Å². The van der Waals surface area contributed by atoms with Crippen molar-refractivity contribution in [1.82, 2.24) is 0 Å². The van der Waals surface area contributed by atoms with Crippen molar-refractivity contribution in [2.45, 2.75) is 45.4 Å². The molecule has 2 nitrogen and oxygen atoms in total. The van der Waals surface area contributed by atoms with E-state index in [1.165, 1.54) is 45.1 Å². The Morgan fingerprint density at radius 3 is 2.00 bits per heavy atom. The van der Waals surface area contributed by atoms with E-state index >= 15 is 0 Å². The van der Waals surface area contributed by atoms with Crippen LogP contribution in [-0.2, 0) is 0 Å². The van der Waals surface area contributed by atoms with Gasteiger partial charge in [0.15, 0.2) is 0 Å². The van der Waals surface area contributed by atoms with Crippen LogP contribution in [0.5, 0.6) is 0 Å². The fourth-order valence-electron chi connectivity index (χ4n) is 1.93. The second-order valence-electron chi connectivity index (χ2n) is 5.37. The fraction of sp³-hybridized carbons (Fsp3) is 0.923. The SMILES string of the molecule is CCCCCCCC[N+](C)(C)C(S)=[N+](C)C. The minimum atomic E-state index is 0.893. The Bertz CT molecular complexity index is 218. The van der Waals surface area contributed by atoms with Crippen molar-refractivity contribution in [3.05, 3.63) is 0 Å². The van der Waals surface area contributed by atoms with Crippen LogP contribution in [0, 0.1) is 0 Å². The Kier molecular flexibility index (Phi) is 8.12. The maximum Gasteiger partial charge on any atom is 0.396 e. The molecule has 0 aliphatic carbocycles. The van der Waals surface area contributed by atoms with Crippen LogP contribution < -0.4 is 0 Å². The largest absolute Gasteiger partial charge is 0.396 e. The first-order valence-corrected chi connectivity index (χ1v) is 6.93. The van der Waals surface area contributed by atoms with Crippen molar-refractivity contribution in [3.8, 4) is 0 Å². The average Bonchev–Trinajstić information content (AvgIpc) is 2.22. The van der Waals surface area contributed by atoms with E-state index in [0.717, 1.165) is 9.65 Å². The lowest BCUT2D eigenvalue weighted by atomic mass is 10.1. The summed E-state index contributed by atoms with van der Waals surface area (Å²) < 4.78 is 2.99. The predicted octanol–water partition coefficient (Wildman–Crippen LogP) is 2.98. The summed E-state index contributed by atoms with van der Waals surface area (Å²) in [4.78, 5) is 0. The summed E-state index contributed by atoms with van der Waals surface area (Å²) >= 11 is 4.58. The molecule has 0 atom stereocenters. The summed E-state index contributed by atoms with van der Waals surface area (Å²) in [5.74, 6) is 0. The fourth-order valence-corrected chi connectivity index (χ4v) is 2.03. The van der Waals surface area contributed by atoms with Crippen molar-refractivity contribution >= 4 is 17.8 Å². The number of hydrogen-bond acceptors (Lipinski definition) is 0. The van der Waals surface area contributed by atoms with Gasteiger partial charge in [-0.1, -0.05) is 32.6 Å². The summed E-state index contributed by atoms with van der Waals surface area (Å²) in [5.41, 5.74) is 0. The van der Waals surface area contributed by atoms with Gasteiger partial charge in [0.05, 0.1) is 20.6 Å². The Balaban J connectivity index is 3.79. The molecule has 0 aliphatic heterocycles. The molecule has 0 aliphatic rings. The minimum Gasteiger partial charge on any atom is -0.235 e. The lowest BCUT2D eigenvalue weighted by Gasteiger charge is -2.24. The average molecular weight is 246 g/mol. The molecule has 0 aromatic heterocycles. The van der Waals surface area contributed by atoms with E-state index < -0.39 is 0 Å². The third kappa shape index (κ3) is 6.54. The van der Waals surface area contributed by atoms with E-state index in [1.54, 1.807) is 0 Å². The molecule has 3 heteroatoms. The number of hydrogen-bond donors (Lipinski definition) is 1. The normalized spacial score (nSPS) is 11.6. The second-order valence-corrected chi connectivity index (χ2v) is 5.77. The number of unbranched alkanes of at least 4 members (excludes halogenated alkanes) is 5. The van der Waals surface area contributed by atoms with Gasteiger partial charge >= 0.3 is 5.17 Å². The molecule has 0 fully saturated rings. The molecule has 0 heterocycles. The molecule has 0 aromatic rings. The zero-order valence-electron chi connectivity index (χ0n) is 11.8. The van der Waals surface area contributed by atoms with Gasteiger partial charge in [-0.05, 0) is 25.5 Å². The number of rotatable bonds is 7. The molecule has 96 valence electrons. The first kappa shape index (κ1) is 16.0. The molecule has 0 spiro atoms. The van der Waals surface area contributed by atoms with E-state index in [0.29, 0.717) is 0 Å². The third-order valence-electron chi connectivity index (χ3n) is 3.01. The summed E-state index contributed by atoms with van der Waals surface area (Å²) in [6, 6.07) is 0. The van der Waals surface area contributed by atoms with Gasteiger partial charge in [-0.3, -0.25) is 0 Å². The van der Waals surface area contributed by atoms with Gasteiger partial charge in [-0.15, -0.1) is 0 Å². The zero-order valence-corrected chi connectivity index (χ0v) is 12.7. The molecular formula is C13H30N2S+2. The molecule has 0 amide bonds. The van der Waals surface area contributed by atoms with Gasteiger partial charge < -0.3 is 0 Å². The molecular weight excluding hydrogens is 216 g/mol. The smallest absolute Gasteiger partial charge is 0.235 e. The molecule has 0 bridgehead atoms. The van der Waals surface area contributed by atoms with Crippen LogP contribution in [0.4, 0.5) is 0 Å². The van der Waals surface area contributed by atoms with E-state index in [9.17, 15) is 0 Å². The number of amidine groups is 1. The van der Waals surface area contributed by atoms with Gasteiger partial charge in [0.1, 0.15) is 14.1 Å². The molecule has 16 heavy (non-hydrogen) atoms. The topological polar surface area (TPSA) is 3.01 Å². The van der Waals surface area contributed by atoms with Crippen LogP contribution in [0.25, 0.3) is 0 Å². The third-order valence-corrected chi connectivity index (χ3v) is 3.95. The molecule has 0 N–H and O–H groups in total. The lowest BCUT2D eigenvalue weighted by Crippen LogP contribution is -2.46. The summed E-state index contributed by atoms with van der Waals surface area (Å²) in [6.07, 6.45) is 8.16. The van der Waals surface area contributed by atoms with E-state index in [2.05, 4.69) is 52.3 Å². The van der Waals surface area contributed by atoms with Crippen molar-refractivity contribution < 1.29 is 9.06 Å². The van der Waals surface area contributed by atoms with Gasteiger partial charge in [-0.25, -0.2) is 4.48 Å². The Morgan fingerprint density at radius 2 is 1.50 bits per heavy atom. The number of thiol groups is 1. The van der Waals surface area contributed by atoms with Crippen LogP contribution >= 0.6 is 12.6 Å². The highest BCUT2D eigenvalue weighted by molar-refractivity contribution is 7.96. The van der Waals surface area contributed by atoms with Crippen LogP contribution in [-0.4, -0.2) is 49.0 Å². The molecule has 0 saturated heterocycles. The molecule has 0 saturated carbocycles. The van der Waals surface area contributed by atoms with Crippen LogP contribution in [0.15, 0.2) is 0 Å². The predicted molar refractivity (Wildman–Crippen MR) is 76.5 cm³/mol. The highest BCUT2D eigenvalue weighted by Gasteiger charge is 2.26. The Labute approximate surface area is 107 Å². The van der Waals surface area contributed by atoms with Gasteiger partial charge in [0.25, 0.3) is 0 Å². The quantitative estimate of drug-likeness (QED) is 0.176. The van der Waals surface area contributed by atoms with Crippen molar-refractivity contribution in [1.29, 1.82) is 0 Å². The van der Waals surface area contributed by atoms with Gasteiger partial charge in [0.2, 0.25) is 0 Å². The Morgan fingerprint density at radius 1 is 1.00 bits per heavy atom. The van der Waals surface area contributed by atoms with Crippen LogP contribution in [0.2, 0.25) is 0 Å². The monoisotopic (exact) mass is 246 g/mol. The van der Waals surface area contributed by atoms with Crippen molar-refractivity contribution in [3.63, 3.8) is 0 Å². The standard InChI is InChI=1S/C13H29N2S/c1-6-7-8-9-10-11-12-15(4,5)13(16)14(2)3/h6-12H2,1-5H3/q+1/p+1. The van der Waals surface area contributed by atoms with Crippen LogP contribution in [0.3, 0.4) is 0 Å². The highest BCUT2D eigenvalue weighted by Crippen LogP contribution is 2.10. The summed E-state index contributed by atoms with van der Waals surface area (Å²) in [6.45, 7) is 3.45. The van der Waals surface area contributed by atoms with E-state index in [1.807, 2.05) is 0 Å². The Hall–Kier alpha value is -0.0200. The molecule has 0 radical (unpaired) electrons. The van der Waals surface area contributed by atoms with Gasteiger partial charge in [-0.2, -0.15) is 4.58 Å². The summed E-state index contributed by atoms with van der Waals surface area (Å²) in [5, 5.41) is 1.13. The van der Waals surface area contributed by atoms with Crippen molar-refractivity contribution in [2.75, 3.05) is 34.7 Å². The lowest BCUT2D eigenvalue weighted by molar-refractivity contribution is -0.818. The van der Waals surface area contributed by atoms with Gasteiger partial charge in [0, 0.05) is 0 Å². The van der Waals surface area contributed by atoms with Crippen molar-refractivity contribution in [2.24, 2.45) is 0 Å². The minimum absolute atomic E-state index is 0.893. The first-order valence-electron chi connectivity index (χ1n) is 6.48. The molecule has 0 rings (SSSR count). The maximum atomic E-state index is 4.58. The van der Waals surface area contributed by atoms with Crippen LogP contribution in [0.1, 0.15) is 45.4 Å². The highest BCUT2D eigenvalue weighted by atomic mass is 32.1.